The summed E-state index contributed by atoms with van der Waals surface area (Å²) < 4.78 is 17.5. The lowest BCUT2D eigenvalue weighted by Crippen LogP contribution is -2.53. The summed E-state index contributed by atoms with van der Waals surface area (Å²) in [5, 5.41) is 4.49. The molecule has 3 aliphatic rings. The third-order valence-corrected chi connectivity index (χ3v) is 8.27. The molecule has 6 rings (SSSR count). The minimum absolute atomic E-state index is 0.0490. The minimum atomic E-state index is -0.613. The van der Waals surface area contributed by atoms with Crippen molar-refractivity contribution in [3.05, 3.63) is 45.7 Å². The van der Waals surface area contributed by atoms with Gasteiger partial charge >= 0.3 is 0 Å². The maximum absolute atomic E-state index is 13.7. The summed E-state index contributed by atoms with van der Waals surface area (Å²) in [7, 11) is 0. The molecule has 39 heavy (non-hydrogen) atoms. The summed E-state index contributed by atoms with van der Waals surface area (Å²) >= 11 is 12.7. The Morgan fingerprint density at radius 3 is 2.82 bits per heavy atom. The van der Waals surface area contributed by atoms with E-state index in [1.807, 2.05) is 17.9 Å². The lowest BCUT2D eigenvalue weighted by Gasteiger charge is -2.40. The fraction of sp³-hybridized carbons (Fsp3) is 0.519. The quantitative estimate of drug-likeness (QED) is 0.473. The van der Waals surface area contributed by atoms with Crippen LogP contribution in [0.3, 0.4) is 0 Å². The summed E-state index contributed by atoms with van der Waals surface area (Å²) in [5.74, 6) is -0.0490. The van der Waals surface area contributed by atoms with Crippen LogP contribution in [0.25, 0.3) is 11.1 Å². The number of morpholine rings is 2. The fourth-order valence-corrected chi connectivity index (χ4v) is 6.39. The maximum Gasteiger partial charge on any atom is 0.295 e. The second kappa shape index (κ2) is 11.5. The van der Waals surface area contributed by atoms with Gasteiger partial charge < -0.3 is 29.0 Å². The summed E-state index contributed by atoms with van der Waals surface area (Å²) in [6.07, 6.45) is 3.55. The zero-order valence-corrected chi connectivity index (χ0v) is 23.4. The van der Waals surface area contributed by atoms with Crippen LogP contribution in [0, 0.1) is 0 Å². The highest BCUT2D eigenvalue weighted by Crippen LogP contribution is 2.38. The minimum Gasteiger partial charge on any atom is -0.421 e. The van der Waals surface area contributed by atoms with E-state index in [1.54, 1.807) is 18.5 Å². The number of hydrogen-bond donors (Lipinski definition) is 1. The average molecular weight is 575 g/mol. The molecule has 1 amide bonds. The number of nitrogens with zero attached hydrogens (tertiary/aromatic N) is 5. The Morgan fingerprint density at radius 1 is 1.13 bits per heavy atom. The van der Waals surface area contributed by atoms with E-state index in [0.29, 0.717) is 59.8 Å². The number of fused-ring (bicyclic) bond motifs is 2. The number of hydrogen-bond acceptors (Lipinski definition) is 9. The van der Waals surface area contributed by atoms with Crippen LogP contribution in [-0.4, -0.2) is 97.4 Å². The summed E-state index contributed by atoms with van der Waals surface area (Å²) in [5.41, 5.74) is 4.17. The largest absolute Gasteiger partial charge is 0.421 e. The van der Waals surface area contributed by atoms with Crippen LogP contribution < -0.4 is 10.2 Å². The standard InChI is InChI=1S/C27H32Cl2N6O4/c1-17-24-18(12-19(28)13-20(24)29)2-4-35(17)26(36)23-16-34(8-11-38-23)22-15-30-14-21-25(22)39-27(32-21)31-3-5-33-6-9-37-10-7-33/h12-15,17,23H,2-11,16H2,1H3,(H,31,32)/t17-,23+/m0/s1. The van der Waals surface area contributed by atoms with Gasteiger partial charge in [0.05, 0.1) is 44.8 Å². The van der Waals surface area contributed by atoms with E-state index in [-0.39, 0.29) is 11.9 Å². The molecule has 0 aliphatic carbocycles. The molecule has 10 nitrogen and oxygen atoms in total. The van der Waals surface area contributed by atoms with Crippen LogP contribution in [0.4, 0.5) is 11.7 Å². The van der Waals surface area contributed by atoms with Gasteiger partial charge in [0, 0.05) is 49.3 Å². The Morgan fingerprint density at radius 2 is 1.97 bits per heavy atom. The van der Waals surface area contributed by atoms with E-state index >= 15 is 0 Å². The molecule has 0 bridgehead atoms. The van der Waals surface area contributed by atoms with Gasteiger partial charge in [-0.3, -0.25) is 14.7 Å². The van der Waals surface area contributed by atoms with Crippen molar-refractivity contribution in [1.29, 1.82) is 0 Å². The number of nitrogens with one attached hydrogen (secondary N) is 1. The van der Waals surface area contributed by atoms with Gasteiger partial charge in [-0.1, -0.05) is 23.2 Å². The number of carbonyl (C=O) groups excluding carboxylic acids is 1. The van der Waals surface area contributed by atoms with Gasteiger partial charge in [-0.05, 0) is 36.6 Å². The van der Waals surface area contributed by atoms with E-state index in [1.165, 1.54) is 0 Å². The van der Waals surface area contributed by atoms with Gasteiger partial charge in [0.25, 0.3) is 11.9 Å². The Balaban J connectivity index is 1.14. The number of anilines is 2. The highest BCUT2D eigenvalue weighted by atomic mass is 35.5. The summed E-state index contributed by atoms with van der Waals surface area (Å²) in [6, 6.07) is 3.97. The van der Waals surface area contributed by atoms with Gasteiger partial charge in [-0.15, -0.1) is 0 Å². The van der Waals surface area contributed by atoms with E-state index in [4.69, 9.17) is 37.1 Å². The van der Waals surface area contributed by atoms with Crippen molar-refractivity contribution < 1.29 is 18.7 Å². The van der Waals surface area contributed by atoms with Crippen LogP contribution in [0.5, 0.6) is 0 Å². The van der Waals surface area contributed by atoms with Crippen LogP contribution in [0.15, 0.2) is 28.9 Å². The zero-order valence-electron chi connectivity index (χ0n) is 21.9. The summed E-state index contributed by atoms with van der Waals surface area (Å²) in [6.45, 7) is 9.04. The first-order valence-electron chi connectivity index (χ1n) is 13.4. The first-order chi connectivity index (χ1) is 19.0. The molecule has 208 valence electrons. The molecule has 1 N–H and O–H groups in total. The average Bonchev–Trinajstić information content (AvgIpc) is 3.36. The van der Waals surface area contributed by atoms with Crippen LogP contribution in [0.2, 0.25) is 10.0 Å². The first kappa shape index (κ1) is 26.6. The van der Waals surface area contributed by atoms with Gasteiger partial charge in [0.2, 0.25) is 0 Å². The normalized spacial score (nSPS) is 22.2. The number of amides is 1. The molecule has 1 aromatic carbocycles. The molecule has 3 aromatic rings. The lowest BCUT2D eigenvalue weighted by atomic mass is 9.93. The Hall–Kier alpha value is -2.63. The van der Waals surface area contributed by atoms with Crippen LogP contribution >= 0.6 is 23.2 Å². The number of carbonyl (C=O) groups is 1. The van der Waals surface area contributed by atoms with Crippen LogP contribution in [-0.2, 0) is 20.7 Å². The van der Waals surface area contributed by atoms with Crippen molar-refractivity contribution in [2.24, 2.45) is 0 Å². The molecule has 2 atom stereocenters. The number of oxazole rings is 1. The zero-order chi connectivity index (χ0) is 26.9. The van der Waals surface area contributed by atoms with Crippen molar-refractivity contribution in [2.75, 3.05) is 75.9 Å². The van der Waals surface area contributed by atoms with Crippen LogP contribution in [0.1, 0.15) is 24.1 Å². The monoisotopic (exact) mass is 574 g/mol. The molecule has 2 aromatic heterocycles. The maximum atomic E-state index is 13.7. The molecule has 0 radical (unpaired) electrons. The molecular weight excluding hydrogens is 543 g/mol. The van der Waals surface area contributed by atoms with Crippen molar-refractivity contribution >= 4 is 51.9 Å². The van der Waals surface area contributed by atoms with E-state index in [9.17, 15) is 4.79 Å². The topological polar surface area (TPSA) is 96.2 Å². The Labute approximate surface area is 237 Å². The third-order valence-electron chi connectivity index (χ3n) is 7.74. The second-order valence-electron chi connectivity index (χ2n) is 10.1. The highest BCUT2D eigenvalue weighted by Gasteiger charge is 2.36. The van der Waals surface area contributed by atoms with Gasteiger partial charge in [-0.2, -0.15) is 4.98 Å². The number of pyridine rings is 1. The molecule has 0 saturated carbocycles. The van der Waals surface area contributed by atoms with Crippen molar-refractivity contribution in [1.82, 2.24) is 19.8 Å². The molecule has 0 spiro atoms. The fourth-order valence-electron chi connectivity index (χ4n) is 5.69. The number of benzene rings is 1. The molecule has 0 unspecified atom stereocenters. The number of rotatable bonds is 6. The molecule has 3 aliphatic heterocycles. The molecular formula is C27H32Cl2N6O4. The first-order valence-corrected chi connectivity index (χ1v) is 14.2. The lowest BCUT2D eigenvalue weighted by molar-refractivity contribution is -0.147. The number of aromatic nitrogens is 2. The summed E-state index contributed by atoms with van der Waals surface area (Å²) in [4.78, 5) is 29.0. The molecule has 5 heterocycles. The third kappa shape index (κ3) is 5.53. The van der Waals surface area contributed by atoms with E-state index in [0.717, 1.165) is 56.2 Å². The number of halogens is 2. The van der Waals surface area contributed by atoms with E-state index < -0.39 is 6.10 Å². The molecule has 2 fully saturated rings. The predicted molar refractivity (Wildman–Crippen MR) is 150 cm³/mol. The smallest absolute Gasteiger partial charge is 0.295 e. The Kier molecular flexibility index (Phi) is 7.82. The predicted octanol–water partition coefficient (Wildman–Crippen LogP) is 3.62. The number of ether oxygens (including phenoxy) is 2. The van der Waals surface area contributed by atoms with Crippen molar-refractivity contribution in [2.45, 2.75) is 25.5 Å². The van der Waals surface area contributed by atoms with Gasteiger partial charge in [-0.25, -0.2) is 0 Å². The molecule has 2 saturated heterocycles. The van der Waals surface area contributed by atoms with E-state index in [2.05, 4.69) is 25.1 Å². The van der Waals surface area contributed by atoms with Gasteiger partial charge in [0.1, 0.15) is 11.2 Å². The highest BCUT2D eigenvalue weighted by molar-refractivity contribution is 6.35. The van der Waals surface area contributed by atoms with Crippen molar-refractivity contribution in [3.63, 3.8) is 0 Å². The van der Waals surface area contributed by atoms with Crippen molar-refractivity contribution in [3.8, 4) is 0 Å². The SMILES string of the molecule is C[C@H]1c2c(Cl)cc(Cl)cc2CCN1C(=O)[C@H]1CN(c2cncc3nc(NCCN4CCOCC4)oc23)CCO1. The molecule has 12 heteroatoms. The van der Waals surface area contributed by atoms with Gasteiger partial charge in [0.15, 0.2) is 11.7 Å². The Bertz CT molecular complexity index is 1350. The second-order valence-corrected chi connectivity index (χ2v) is 11.0.